The van der Waals surface area contributed by atoms with Crippen LogP contribution in [0.4, 0.5) is 0 Å². The van der Waals surface area contributed by atoms with Crippen LogP contribution in [0.5, 0.6) is 0 Å². The van der Waals surface area contributed by atoms with Crippen molar-refractivity contribution in [3.05, 3.63) is 28.3 Å². The predicted molar refractivity (Wildman–Crippen MR) is 81.8 cm³/mol. The first-order valence-electron chi connectivity index (χ1n) is 6.73. The Bertz CT molecular complexity index is 678. The molecule has 0 saturated carbocycles. The Balaban J connectivity index is 2.42. The third-order valence-corrected chi connectivity index (χ3v) is 5.56. The highest BCUT2D eigenvalue weighted by Crippen LogP contribution is 2.28. The van der Waals surface area contributed by atoms with Crippen LogP contribution in [-0.4, -0.2) is 32.3 Å². The molecule has 1 aromatic rings. The Labute approximate surface area is 130 Å². The van der Waals surface area contributed by atoms with Crippen molar-refractivity contribution >= 4 is 27.5 Å². The second-order valence-electron chi connectivity index (χ2n) is 5.79. The first-order chi connectivity index (χ1) is 9.61. The number of sulfonamides is 1. The molecule has 1 aromatic carbocycles. The molecule has 0 radical (unpaired) electrons. The van der Waals surface area contributed by atoms with E-state index >= 15 is 0 Å². The van der Waals surface area contributed by atoms with E-state index in [2.05, 4.69) is 13.8 Å². The summed E-state index contributed by atoms with van der Waals surface area (Å²) in [6, 6.07) is 2.81. The van der Waals surface area contributed by atoms with Gasteiger partial charge in [-0.2, -0.15) is 0 Å². The number of nitrogens with zero attached hydrogens (tertiary/aromatic N) is 1. The number of benzene rings is 1. The topological polar surface area (TPSA) is 80.5 Å². The molecule has 0 aliphatic carbocycles. The van der Waals surface area contributed by atoms with Crippen LogP contribution in [0, 0.1) is 18.8 Å². The third kappa shape index (κ3) is 3.22. The van der Waals surface area contributed by atoms with E-state index in [4.69, 9.17) is 16.7 Å². The maximum absolute atomic E-state index is 12.5. The monoisotopic (exact) mass is 330 g/mol. The quantitative estimate of drug-likeness (QED) is 0.900. The zero-order chi connectivity index (χ0) is 15.9. The molecule has 2 rings (SSSR count). The Kier molecular flexibility index (Phi) is 4.33. The fourth-order valence-corrected chi connectivity index (χ4v) is 3.65. The van der Waals surface area contributed by atoms with Gasteiger partial charge >= 0.3 is 0 Å². The second-order valence-corrected chi connectivity index (χ2v) is 7.73. The minimum Gasteiger partial charge on any atom is -0.338 e. The molecule has 7 heteroatoms. The summed E-state index contributed by atoms with van der Waals surface area (Å²) in [5.41, 5.74) is 0.620. The molecule has 1 heterocycles. The van der Waals surface area contributed by atoms with Gasteiger partial charge in [-0.25, -0.2) is 13.6 Å². The number of nitrogens with two attached hydrogens (primary N) is 1. The van der Waals surface area contributed by atoms with Crippen LogP contribution in [0.15, 0.2) is 17.0 Å². The van der Waals surface area contributed by atoms with Crippen molar-refractivity contribution in [2.75, 3.05) is 13.1 Å². The van der Waals surface area contributed by atoms with E-state index in [1.54, 1.807) is 11.8 Å². The van der Waals surface area contributed by atoms with E-state index in [1.807, 2.05) is 0 Å². The molecule has 2 atom stereocenters. The number of halogens is 1. The lowest BCUT2D eigenvalue weighted by Crippen LogP contribution is -2.29. The number of primary sulfonamides is 1. The summed E-state index contributed by atoms with van der Waals surface area (Å²) < 4.78 is 23.2. The van der Waals surface area contributed by atoms with Gasteiger partial charge in [0.15, 0.2) is 0 Å². The Hall–Kier alpha value is -1.11. The molecule has 1 aliphatic heterocycles. The van der Waals surface area contributed by atoms with Crippen molar-refractivity contribution < 1.29 is 13.2 Å². The highest BCUT2D eigenvalue weighted by molar-refractivity contribution is 7.89. The van der Waals surface area contributed by atoms with E-state index < -0.39 is 10.0 Å². The molecule has 1 aliphatic rings. The normalized spacial score (nSPS) is 22.6. The molecule has 0 bridgehead atoms. The van der Waals surface area contributed by atoms with Crippen molar-refractivity contribution in [3.63, 3.8) is 0 Å². The number of hydrogen-bond acceptors (Lipinski definition) is 3. The van der Waals surface area contributed by atoms with Crippen LogP contribution in [0.1, 0.15) is 29.8 Å². The minimum absolute atomic E-state index is 0.0985. The fraction of sp³-hybridized carbons (Fsp3) is 0.500. The van der Waals surface area contributed by atoms with E-state index in [9.17, 15) is 13.2 Å². The van der Waals surface area contributed by atoms with Gasteiger partial charge in [-0.3, -0.25) is 4.79 Å². The second kappa shape index (κ2) is 5.59. The molecular formula is C14H19ClN2O3S. The van der Waals surface area contributed by atoms with Gasteiger partial charge in [-0.15, -0.1) is 0 Å². The summed E-state index contributed by atoms with van der Waals surface area (Å²) in [6.45, 7) is 7.08. The number of likely N-dealkylation sites (tertiary alicyclic amines) is 1. The fourth-order valence-electron chi connectivity index (χ4n) is 2.55. The Morgan fingerprint density at radius 3 is 2.29 bits per heavy atom. The van der Waals surface area contributed by atoms with E-state index in [0.29, 0.717) is 30.5 Å². The Morgan fingerprint density at radius 1 is 1.29 bits per heavy atom. The highest BCUT2D eigenvalue weighted by Gasteiger charge is 2.30. The molecule has 1 fully saturated rings. The lowest BCUT2D eigenvalue weighted by atomic mass is 10.0. The number of carbonyl (C=O) groups excluding carboxylic acids is 1. The van der Waals surface area contributed by atoms with Crippen LogP contribution in [0.3, 0.4) is 0 Å². The van der Waals surface area contributed by atoms with Crippen LogP contribution >= 0.6 is 11.6 Å². The lowest BCUT2D eigenvalue weighted by molar-refractivity contribution is 0.0784. The largest absolute Gasteiger partial charge is 0.338 e. The minimum atomic E-state index is -3.91. The molecule has 116 valence electrons. The van der Waals surface area contributed by atoms with E-state index in [1.165, 1.54) is 12.1 Å². The van der Waals surface area contributed by atoms with Gasteiger partial charge in [0.2, 0.25) is 10.0 Å². The maximum atomic E-state index is 12.5. The zero-order valence-corrected chi connectivity index (χ0v) is 13.8. The smallest absolute Gasteiger partial charge is 0.253 e. The maximum Gasteiger partial charge on any atom is 0.253 e. The van der Waals surface area contributed by atoms with Crippen molar-refractivity contribution in [1.82, 2.24) is 4.90 Å². The molecule has 2 unspecified atom stereocenters. The van der Waals surface area contributed by atoms with Crippen molar-refractivity contribution in [2.24, 2.45) is 17.0 Å². The Morgan fingerprint density at radius 2 is 1.81 bits per heavy atom. The predicted octanol–water partition coefficient (Wildman–Crippen LogP) is 2.02. The van der Waals surface area contributed by atoms with Gasteiger partial charge in [0.25, 0.3) is 5.91 Å². The standard InChI is InChI=1S/C14H19ClN2O3S/c1-8-6-17(7-9(8)2)14(18)11-4-12(15)10(3)13(5-11)21(16,19)20/h4-5,8-9H,6-7H2,1-3H3,(H2,16,19,20). The summed E-state index contributed by atoms with van der Waals surface area (Å²) in [6.07, 6.45) is 0. The first-order valence-corrected chi connectivity index (χ1v) is 8.66. The molecule has 21 heavy (non-hydrogen) atoms. The molecule has 1 amide bonds. The molecular weight excluding hydrogens is 312 g/mol. The summed E-state index contributed by atoms with van der Waals surface area (Å²) in [5, 5.41) is 5.41. The van der Waals surface area contributed by atoms with Crippen LogP contribution < -0.4 is 5.14 Å². The summed E-state index contributed by atoms with van der Waals surface area (Å²) >= 11 is 6.04. The van der Waals surface area contributed by atoms with Crippen LogP contribution in [0.2, 0.25) is 5.02 Å². The van der Waals surface area contributed by atoms with Gasteiger partial charge < -0.3 is 4.90 Å². The van der Waals surface area contributed by atoms with Gasteiger partial charge in [0.05, 0.1) is 4.90 Å². The molecule has 2 N–H and O–H groups in total. The van der Waals surface area contributed by atoms with Gasteiger partial charge in [0.1, 0.15) is 0 Å². The highest BCUT2D eigenvalue weighted by atomic mass is 35.5. The van der Waals surface area contributed by atoms with Crippen LogP contribution in [0.25, 0.3) is 0 Å². The van der Waals surface area contributed by atoms with E-state index in [0.717, 1.165) is 0 Å². The number of amides is 1. The summed E-state index contributed by atoms with van der Waals surface area (Å²) in [7, 11) is -3.91. The molecule has 0 aromatic heterocycles. The lowest BCUT2D eigenvalue weighted by Gasteiger charge is -2.17. The third-order valence-electron chi connectivity index (χ3n) is 4.13. The molecule has 5 nitrogen and oxygen atoms in total. The summed E-state index contributed by atoms with van der Waals surface area (Å²) in [4.78, 5) is 14.1. The average molecular weight is 331 g/mol. The van der Waals surface area contributed by atoms with Gasteiger partial charge in [0, 0.05) is 23.7 Å². The molecule has 0 spiro atoms. The number of carbonyl (C=O) groups is 1. The van der Waals surface area contributed by atoms with Gasteiger partial charge in [-0.05, 0) is 36.5 Å². The number of rotatable bonds is 2. The zero-order valence-electron chi connectivity index (χ0n) is 12.3. The first kappa shape index (κ1) is 16.3. The SMILES string of the molecule is Cc1c(Cl)cc(C(=O)N2CC(C)C(C)C2)cc1S(N)(=O)=O. The van der Waals surface area contributed by atoms with E-state index in [-0.39, 0.29) is 21.4 Å². The number of hydrogen-bond donors (Lipinski definition) is 1. The molecule has 1 saturated heterocycles. The van der Waals surface area contributed by atoms with Gasteiger partial charge in [-0.1, -0.05) is 25.4 Å². The van der Waals surface area contributed by atoms with Crippen molar-refractivity contribution in [1.29, 1.82) is 0 Å². The van der Waals surface area contributed by atoms with Crippen molar-refractivity contribution in [3.8, 4) is 0 Å². The average Bonchev–Trinajstić information content (AvgIpc) is 2.70. The van der Waals surface area contributed by atoms with Crippen LogP contribution in [-0.2, 0) is 10.0 Å². The van der Waals surface area contributed by atoms with Crippen molar-refractivity contribution in [2.45, 2.75) is 25.7 Å². The summed E-state index contributed by atoms with van der Waals surface area (Å²) in [5.74, 6) is 0.637.